The van der Waals surface area contributed by atoms with Crippen LogP contribution in [0.2, 0.25) is 0 Å². The van der Waals surface area contributed by atoms with E-state index >= 15 is 0 Å². The summed E-state index contributed by atoms with van der Waals surface area (Å²) in [6.45, 7) is 6.53. The fourth-order valence-electron chi connectivity index (χ4n) is 4.41. The van der Waals surface area contributed by atoms with Crippen LogP contribution >= 0.6 is 11.3 Å². The Bertz CT molecular complexity index is 1310. The van der Waals surface area contributed by atoms with Crippen molar-refractivity contribution in [1.82, 2.24) is 10.6 Å². The molecule has 9 heteroatoms. The number of benzene rings is 2. The molecule has 2 aromatic carbocycles. The molecule has 0 radical (unpaired) electrons. The van der Waals surface area contributed by atoms with E-state index in [2.05, 4.69) is 21.6 Å². The lowest BCUT2D eigenvalue weighted by molar-refractivity contribution is -0.123. The Hall–Kier alpha value is -3.90. The van der Waals surface area contributed by atoms with E-state index in [1.54, 1.807) is 39.0 Å². The molecule has 1 aromatic heterocycles. The number of nitrogens with one attached hydrogen (secondary N) is 2. The number of halogens is 1. The van der Waals surface area contributed by atoms with Crippen molar-refractivity contribution < 1.29 is 18.7 Å². The predicted octanol–water partition coefficient (Wildman–Crippen LogP) is 5.26. The van der Waals surface area contributed by atoms with Gasteiger partial charge in [0.1, 0.15) is 23.5 Å². The second-order valence-electron chi connectivity index (χ2n) is 10.3. The van der Waals surface area contributed by atoms with Gasteiger partial charge in [-0.3, -0.25) is 4.79 Å². The molecule has 2 heterocycles. The van der Waals surface area contributed by atoms with Crippen molar-refractivity contribution in [1.29, 1.82) is 5.26 Å². The van der Waals surface area contributed by atoms with Gasteiger partial charge in [0, 0.05) is 30.4 Å². The first kappa shape index (κ1) is 27.1. The van der Waals surface area contributed by atoms with E-state index in [1.807, 2.05) is 29.6 Å². The molecular weight excluding hydrogens is 503 g/mol. The van der Waals surface area contributed by atoms with Crippen LogP contribution in [0.1, 0.15) is 37.6 Å². The maximum absolute atomic E-state index is 13.3. The SMILES string of the molecule is CC(C)(C)OC(=O)N[C@@H](Cc1cccs1)C(=O)N[C@H]1CCN(c2ccc(-c3ccc(F)cc3)cc2C#N)C1. The molecule has 0 saturated carbocycles. The number of ether oxygens (including phenoxy) is 1. The Morgan fingerprint density at radius 2 is 1.92 bits per heavy atom. The summed E-state index contributed by atoms with van der Waals surface area (Å²) in [4.78, 5) is 28.7. The monoisotopic (exact) mass is 534 g/mol. The summed E-state index contributed by atoms with van der Waals surface area (Å²) in [6.07, 6.45) is 0.430. The van der Waals surface area contributed by atoms with Crippen molar-refractivity contribution in [2.75, 3.05) is 18.0 Å². The molecule has 1 aliphatic heterocycles. The van der Waals surface area contributed by atoms with Gasteiger partial charge in [0.05, 0.1) is 11.3 Å². The van der Waals surface area contributed by atoms with Gasteiger partial charge in [-0.1, -0.05) is 24.3 Å². The molecule has 1 aliphatic rings. The molecule has 1 fully saturated rings. The fraction of sp³-hybridized carbons (Fsp3) is 0.345. The Kier molecular flexibility index (Phi) is 8.32. The molecule has 7 nitrogen and oxygen atoms in total. The Balaban J connectivity index is 1.42. The highest BCUT2D eigenvalue weighted by molar-refractivity contribution is 7.09. The van der Waals surface area contributed by atoms with Crippen LogP contribution in [-0.2, 0) is 16.0 Å². The molecule has 2 atom stereocenters. The summed E-state index contributed by atoms with van der Waals surface area (Å²) >= 11 is 1.52. The number of carbonyl (C=O) groups excluding carboxylic acids is 2. The first-order valence-corrected chi connectivity index (χ1v) is 13.4. The van der Waals surface area contributed by atoms with Crippen LogP contribution in [0.5, 0.6) is 0 Å². The van der Waals surface area contributed by atoms with Gasteiger partial charge >= 0.3 is 6.09 Å². The van der Waals surface area contributed by atoms with E-state index in [1.165, 1.54) is 23.5 Å². The zero-order chi connectivity index (χ0) is 27.3. The molecule has 1 saturated heterocycles. The fourth-order valence-corrected chi connectivity index (χ4v) is 5.16. The number of thiophene rings is 1. The number of rotatable bonds is 7. The van der Waals surface area contributed by atoms with Crippen LogP contribution in [0.15, 0.2) is 60.0 Å². The molecule has 198 valence electrons. The summed E-state index contributed by atoms with van der Waals surface area (Å²) in [6, 6.07) is 17.0. The lowest BCUT2D eigenvalue weighted by Crippen LogP contribution is -2.52. The summed E-state index contributed by atoms with van der Waals surface area (Å²) in [5, 5.41) is 17.5. The summed E-state index contributed by atoms with van der Waals surface area (Å²) < 4.78 is 18.7. The van der Waals surface area contributed by atoms with Crippen molar-refractivity contribution in [3.63, 3.8) is 0 Å². The molecule has 2 amide bonds. The Morgan fingerprint density at radius 1 is 1.18 bits per heavy atom. The molecule has 3 aromatic rings. The first-order valence-electron chi connectivity index (χ1n) is 12.5. The number of alkyl carbamates (subject to hydrolysis) is 1. The quantitative estimate of drug-likeness (QED) is 0.431. The minimum atomic E-state index is -0.776. The third-order valence-corrected chi connectivity index (χ3v) is 7.06. The zero-order valence-corrected chi connectivity index (χ0v) is 22.5. The molecular formula is C29H31FN4O3S. The van der Waals surface area contributed by atoms with Gasteiger partial charge in [0.25, 0.3) is 0 Å². The van der Waals surface area contributed by atoms with Crippen LogP contribution in [0.25, 0.3) is 11.1 Å². The van der Waals surface area contributed by atoms with Crippen LogP contribution < -0.4 is 15.5 Å². The standard InChI is InChI=1S/C29H31FN4O3S/c1-29(2,3)37-28(36)33-25(16-24-5-4-14-38-24)27(35)32-23-12-13-34(18-23)26-11-8-20(15-21(26)17-31)19-6-9-22(30)10-7-19/h4-11,14-15,23,25H,12-13,16,18H2,1-3H3,(H,32,35)(H,33,36)/t23-,25-/m0/s1. The zero-order valence-electron chi connectivity index (χ0n) is 21.7. The number of nitriles is 1. The minimum absolute atomic E-state index is 0.142. The van der Waals surface area contributed by atoms with Gasteiger partial charge in [-0.25, -0.2) is 9.18 Å². The molecule has 0 unspecified atom stereocenters. The van der Waals surface area contributed by atoms with Crippen LogP contribution in [-0.4, -0.2) is 42.8 Å². The van der Waals surface area contributed by atoms with Crippen molar-refractivity contribution in [3.05, 3.63) is 76.2 Å². The first-order chi connectivity index (χ1) is 18.1. The van der Waals surface area contributed by atoms with Gasteiger partial charge in [-0.15, -0.1) is 11.3 Å². The van der Waals surface area contributed by atoms with Gasteiger partial charge in [0.2, 0.25) is 5.91 Å². The number of nitrogens with zero attached hydrogens (tertiary/aromatic N) is 2. The van der Waals surface area contributed by atoms with Crippen LogP contribution in [0.4, 0.5) is 14.9 Å². The van der Waals surface area contributed by atoms with Gasteiger partial charge in [0.15, 0.2) is 0 Å². The normalized spacial score (nSPS) is 16.0. The van der Waals surface area contributed by atoms with Crippen LogP contribution in [0.3, 0.4) is 0 Å². The molecule has 0 aliphatic carbocycles. The summed E-state index contributed by atoms with van der Waals surface area (Å²) in [5.41, 5.74) is 2.29. The highest BCUT2D eigenvalue weighted by atomic mass is 32.1. The number of anilines is 1. The second kappa shape index (κ2) is 11.7. The molecule has 2 N–H and O–H groups in total. The van der Waals surface area contributed by atoms with E-state index in [9.17, 15) is 19.2 Å². The topological polar surface area (TPSA) is 94.5 Å². The van der Waals surface area contributed by atoms with E-state index in [-0.39, 0.29) is 17.8 Å². The minimum Gasteiger partial charge on any atom is -0.444 e. The number of hydrogen-bond acceptors (Lipinski definition) is 6. The van der Waals surface area contributed by atoms with E-state index in [0.29, 0.717) is 31.5 Å². The van der Waals surface area contributed by atoms with Crippen molar-refractivity contribution in [3.8, 4) is 17.2 Å². The molecule has 0 spiro atoms. The van der Waals surface area contributed by atoms with Gasteiger partial charge in [-0.05, 0) is 74.0 Å². The lowest BCUT2D eigenvalue weighted by atomic mass is 10.0. The average molecular weight is 535 g/mol. The number of amides is 2. The highest BCUT2D eigenvalue weighted by Crippen LogP contribution is 2.29. The summed E-state index contributed by atoms with van der Waals surface area (Å²) in [7, 11) is 0. The predicted molar refractivity (Wildman–Crippen MR) is 146 cm³/mol. The number of carbonyl (C=O) groups is 2. The van der Waals surface area contributed by atoms with E-state index < -0.39 is 17.7 Å². The number of hydrogen-bond donors (Lipinski definition) is 2. The Labute approximate surface area is 226 Å². The average Bonchev–Trinajstić information content (AvgIpc) is 3.55. The maximum Gasteiger partial charge on any atom is 0.408 e. The lowest BCUT2D eigenvalue weighted by Gasteiger charge is -2.24. The highest BCUT2D eigenvalue weighted by Gasteiger charge is 2.30. The third kappa shape index (κ3) is 7.11. The largest absolute Gasteiger partial charge is 0.444 e. The second-order valence-corrected chi connectivity index (χ2v) is 11.3. The molecule has 4 rings (SSSR count). The Morgan fingerprint density at radius 3 is 2.58 bits per heavy atom. The van der Waals surface area contributed by atoms with Crippen molar-refractivity contribution in [2.24, 2.45) is 0 Å². The smallest absolute Gasteiger partial charge is 0.408 e. The van der Waals surface area contributed by atoms with Crippen molar-refractivity contribution >= 4 is 29.0 Å². The van der Waals surface area contributed by atoms with Gasteiger partial charge in [-0.2, -0.15) is 5.26 Å². The van der Waals surface area contributed by atoms with Gasteiger partial charge < -0.3 is 20.3 Å². The molecule has 0 bridgehead atoms. The van der Waals surface area contributed by atoms with E-state index in [4.69, 9.17) is 4.74 Å². The third-order valence-electron chi connectivity index (χ3n) is 6.16. The molecule has 38 heavy (non-hydrogen) atoms. The van der Waals surface area contributed by atoms with Crippen molar-refractivity contribution in [2.45, 2.75) is 51.3 Å². The maximum atomic E-state index is 13.3. The van der Waals surface area contributed by atoms with Crippen LogP contribution in [0, 0.1) is 17.1 Å². The van der Waals surface area contributed by atoms with E-state index in [0.717, 1.165) is 21.7 Å². The summed E-state index contributed by atoms with van der Waals surface area (Å²) in [5.74, 6) is -0.585.